The van der Waals surface area contributed by atoms with Crippen LogP contribution in [-0.4, -0.2) is 18.8 Å². The molecule has 2 heteroatoms. The van der Waals surface area contributed by atoms with Crippen molar-refractivity contribution in [1.82, 2.24) is 5.32 Å². The van der Waals surface area contributed by atoms with E-state index < -0.39 is 0 Å². The molecule has 0 unspecified atom stereocenters. The summed E-state index contributed by atoms with van der Waals surface area (Å²) < 4.78 is 0. The van der Waals surface area contributed by atoms with E-state index in [1.807, 2.05) is 6.07 Å². The molecule has 74 valence electrons. The first-order valence-electron chi connectivity index (χ1n) is 5.22. The van der Waals surface area contributed by atoms with E-state index in [4.69, 9.17) is 0 Å². The van der Waals surface area contributed by atoms with Crippen LogP contribution in [0.5, 0.6) is 0 Å². The summed E-state index contributed by atoms with van der Waals surface area (Å²) in [4.78, 5) is 4.61. The largest absolute Gasteiger partial charge is 0.311 e. The molecule has 1 aliphatic heterocycles. The van der Waals surface area contributed by atoms with Gasteiger partial charge >= 0.3 is 0 Å². The summed E-state index contributed by atoms with van der Waals surface area (Å²) in [6.45, 7) is 2.95. The fourth-order valence-corrected chi connectivity index (χ4v) is 1.66. The Balaban J connectivity index is 1.92. The molecule has 0 amide bonds. The molecule has 2 nitrogen and oxygen atoms in total. The molecule has 0 spiro atoms. The summed E-state index contributed by atoms with van der Waals surface area (Å²) in [6.07, 6.45) is 2.40. The maximum Gasteiger partial charge on any atom is 0.0639 e. The molecule has 1 saturated heterocycles. The Hall–Kier alpha value is -1.15. The maximum absolute atomic E-state index is 4.61. The highest BCUT2D eigenvalue weighted by Gasteiger charge is 2.04. The van der Waals surface area contributed by atoms with Gasteiger partial charge in [-0.15, -0.1) is 0 Å². The van der Waals surface area contributed by atoms with Crippen LogP contribution in [0.15, 0.2) is 35.3 Å². The highest BCUT2D eigenvalue weighted by atomic mass is 14.9. The van der Waals surface area contributed by atoms with Gasteiger partial charge in [-0.25, -0.2) is 0 Å². The lowest BCUT2D eigenvalue weighted by molar-refractivity contribution is 0.669. The summed E-state index contributed by atoms with van der Waals surface area (Å²) in [7, 11) is 0. The number of nitrogens with zero attached hydrogens (tertiary/aromatic N) is 1. The number of rotatable bonds is 2. The second-order valence-corrected chi connectivity index (χ2v) is 3.65. The van der Waals surface area contributed by atoms with Gasteiger partial charge < -0.3 is 5.32 Å². The van der Waals surface area contributed by atoms with Crippen molar-refractivity contribution < 1.29 is 0 Å². The number of benzene rings is 1. The zero-order valence-corrected chi connectivity index (χ0v) is 8.37. The van der Waals surface area contributed by atoms with Crippen molar-refractivity contribution in [2.75, 3.05) is 13.1 Å². The first-order valence-corrected chi connectivity index (χ1v) is 5.22. The molecule has 1 aromatic carbocycles. The predicted molar refractivity (Wildman–Crippen MR) is 59.7 cm³/mol. The van der Waals surface area contributed by atoms with Crippen molar-refractivity contribution in [2.45, 2.75) is 19.4 Å². The Morgan fingerprint density at radius 1 is 1.21 bits per heavy atom. The third-order valence-corrected chi connectivity index (χ3v) is 2.48. The Morgan fingerprint density at radius 3 is 2.79 bits per heavy atom. The van der Waals surface area contributed by atoms with Crippen LogP contribution in [0, 0.1) is 0 Å². The lowest BCUT2D eigenvalue weighted by Gasteiger charge is -2.13. The molecule has 1 fully saturated rings. The van der Waals surface area contributed by atoms with Gasteiger partial charge in [-0.2, -0.15) is 0 Å². The van der Waals surface area contributed by atoms with Crippen LogP contribution in [0.3, 0.4) is 0 Å². The number of piperidine rings is 1. The van der Waals surface area contributed by atoms with Crippen LogP contribution < -0.4 is 5.32 Å². The molecule has 2 rings (SSSR count). The quantitative estimate of drug-likeness (QED) is 0.754. The van der Waals surface area contributed by atoms with Crippen LogP contribution in [0.2, 0.25) is 0 Å². The topological polar surface area (TPSA) is 24.4 Å². The van der Waals surface area contributed by atoms with E-state index in [0.717, 1.165) is 19.6 Å². The molecule has 0 atom stereocenters. The second-order valence-electron chi connectivity index (χ2n) is 3.65. The van der Waals surface area contributed by atoms with Gasteiger partial charge in [-0.1, -0.05) is 30.3 Å². The van der Waals surface area contributed by atoms with Gasteiger partial charge in [0.15, 0.2) is 0 Å². The third kappa shape index (κ3) is 2.67. The van der Waals surface area contributed by atoms with Crippen LogP contribution in [0.25, 0.3) is 0 Å². The van der Waals surface area contributed by atoms with Gasteiger partial charge in [-0.3, -0.25) is 4.99 Å². The zero-order chi connectivity index (χ0) is 9.64. The molecule has 1 N–H and O–H groups in total. The van der Waals surface area contributed by atoms with E-state index in [2.05, 4.69) is 34.6 Å². The number of hydrogen-bond donors (Lipinski definition) is 1. The smallest absolute Gasteiger partial charge is 0.0639 e. The van der Waals surface area contributed by atoms with E-state index in [9.17, 15) is 0 Å². The number of aliphatic imine (C=N–C) groups is 1. The summed E-state index contributed by atoms with van der Waals surface area (Å²) in [5.74, 6) is 0. The summed E-state index contributed by atoms with van der Waals surface area (Å²) >= 11 is 0. The van der Waals surface area contributed by atoms with E-state index in [1.54, 1.807) is 0 Å². The van der Waals surface area contributed by atoms with E-state index in [1.165, 1.54) is 24.1 Å². The highest BCUT2D eigenvalue weighted by molar-refractivity contribution is 5.86. The van der Waals surface area contributed by atoms with Crippen molar-refractivity contribution in [1.29, 1.82) is 0 Å². The minimum absolute atomic E-state index is 0.831. The maximum atomic E-state index is 4.61. The van der Waals surface area contributed by atoms with E-state index in [-0.39, 0.29) is 0 Å². The van der Waals surface area contributed by atoms with Gasteiger partial charge in [0, 0.05) is 12.3 Å². The lowest BCUT2D eigenvalue weighted by atomic mass is 10.1. The van der Waals surface area contributed by atoms with Crippen LogP contribution in [0.4, 0.5) is 0 Å². The minimum Gasteiger partial charge on any atom is -0.311 e. The normalized spacial score (nSPS) is 19.9. The first kappa shape index (κ1) is 9.41. The molecule has 14 heavy (non-hydrogen) atoms. The van der Waals surface area contributed by atoms with Crippen LogP contribution in [-0.2, 0) is 6.54 Å². The molecule has 1 aromatic rings. The molecule has 1 aliphatic rings. The molecule has 0 aliphatic carbocycles. The first-order chi connectivity index (χ1) is 6.95. The molecular weight excluding hydrogens is 172 g/mol. The molecule has 1 heterocycles. The SMILES string of the molecule is c1ccc(CN=C2CCCNC2)cc1. The average molecular weight is 188 g/mol. The number of hydrogen-bond acceptors (Lipinski definition) is 2. The average Bonchev–Trinajstić information content (AvgIpc) is 2.29. The molecule has 0 bridgehead atoms. The Labute approximate surface area is 85.1 Å². The fourth-order valence-electron chi connectivity index (χ4n) is 1.66. The summed E-state index contributed by atoms with van der Waals surface area (Å²) in [6, 6.07) is 10.4. The molecular formula is C12H16N2. The van der Waals surface area contributed by atoms with Crippen molar-refractivity contribution >= 4 is 5.71 Å². The van der Waals surface area contributed by atoms with Gasteiger partial charge in [0.1, 0.15) is 0 Å². The van der Waals surface area contributed by atoms with Gasteiger partial charge in [0.05, 0.1) is 6.54 Å². The Kier molecular flexibility index (Phi) is 3.30. The minimum atomic E-state index is 0.831. The van der Waals surface area contributed by atoms with Crippen LogP contribution >= 0.6 is 0 Å². The second kappa shape index (κ2) is 4.91. The fraction of sp³-hybridized carbons (Fsp3) is 0.417. The van der Waals surface area contributed by atoms with Gasteiger partial charge in [0.2, 0.25) is 0 Å². The molecule has 0 radical (unpaired) electrons. The Morgan fingerprint density at radius 2 is 2.07 bits per heavy atom. The standard InChI is InChI=1S/C12H16N2/c1-2-5-11(6-3-1)9-14-12-7-4-8-13-10-12/h1-3,5-6,13H,4,7-10H2. The van der Waals surface area contributed by atoms with Crippen molar-refractivity contribution in [2.24, 2.45) is 4.99 Å². The van der Waals surface area contributed by atoms with E-state index in [0.29, 0.717) is 0 Å². The number of nitrogens with one attached hydrogen (secondary N) is 1. The summed E-state index contributed by atoms with van der Waals surface area (Å²) in [5.41, 5.74) is 2.62. The lowest BCUT2D eigenvalue weighted by Crippen LogP contribution is -2.29. The van der Waals surface area contributed by atoms with Gasteiger partial charge in [0.25, 0.3) is 0 Å². The highest BCUT2D eigenvalue weighted by Crippen LogP contribution is 2.03. The molecule has 0 saturated carbocycles. The monoisotopic (exact) mass is 188 g/mol. The Bertz CT molecular complexity index is 295. The zero-order valence-electron chi connectivity index (χ0n) is 8.37. The van der Waals surface area contributed by atoms with Gasteiger partial charge in [-0.05, 0) is 24.9 Å². The third-order valence-electron chi connectivity index (χ3n) is 2.48. The van der Waals surface area contributed by atoms with Crippen molar-refractivity contribution in [3.8, 4) is 0 Å². The van der Waals surface area contributed by atoms with Crippen molar-refractivity contribution in [3.05, 3.63) is 35.9 Å². The van der Waals surface area contributed by atoms with Crippen LogP contribution in [0.1, 0.15) is 18.4 Å². The summed E-state index contributed by atoms with van der Waals surface area (Å²) in [5, 5.41) is 3.34. The predicted octanol–water partition coefficient (Wildman–Crippen LogP) is 2.01. The molecule has 0 aromatic heterocycles. The van der Waals surface area contributed by atoms with Crippen molar-refractivity contribution in [3.63, 3.8) is 0 Å². The van der Waals surface area contributed by atoms with E-state index >= 15 is 0 Å².